The van der Waals surface area contributed by atoms with E-state index in [2.05, 4.69) is 42.2 Å². The summed E-state index contributed by atoms with van der Waals surface area (Å²) < 4.78 is 1.38. The molecular weight excluding hydrogens is 360 g/mol. The topological polar surface area (TPSA) is 42.0 Å². The fraction of sp³-hybridized carbons (Fsp3) is 0.0769. The van der Waals surface area contributed by atoms with Gasteiger partial charge in [-0.2, -0.15) is 0 Å². The van der Waals surface area contributed by atoms with E-state index in [1.54, 1.807) is 18.3 Å². The fourth-order valence-corrected chi connectivity index (χ4v) is 2.26. The van der Waals surface area contributed by atoms with E-state index in [1.807, 2.05) is 25.1 Å². The van der Waals surface area contributed by atoms with E-state index in [0.717, 1.165) is 10.0 Å². The Morgan fingerprint density at radius 1 is 1.28 bits per heavy atom. The molecule has 0 saturated heterocycles. The molecule has 0 atom stereocenters. The van der Waals surface area contributed by atoms with Crippen LogP contribution in [0.2, 0.25) is 0 Å². The first-order chi connectivity index (χ1) is 8.58. The van der Waals surface area contributed by atoms with Crippen LogP contribution in [0.3, 0.4) is 0 Å². The number of hydrogen-bond donors (Lipinski definition) is 1. The van der Waals surface area contributed by atoms with Gasteiger partial charge in [-0.3, -0.25) is 4.79 Å². The molecule has 0 aliphatic heterocycles. The summed E-state index contributed by atoms with van der Waals surface area (Å²) in [5.74, 6) is -0.167. The van der Waals surface area contributed by atoms with E-state index in [9.17, 15) is 4.79 Å². The van der Waals surface area contributed by atoms with Gasteiger partial charge in [-0.1, -0.05) is 11.6 Å². The molecule has 1 amide bonds. The standard InChI is InChI=1S/C13H10Br2N2O/c1-8-4-5-10(14)9(7-8)13(18)17-11-3-2-6-16-12(11)15/h2-7H,1H3,(H,17,18). The molecular formula is C13H10Br2N2O. The first-order valence-corrected chi connectivity index (χ1v) is 6.84. The molecule has 1 aromatic heterocycles. The van der Waals surface area contributed by atoms with Gasteiger partial charge in [0.2, 0.25) is 0 Å². The molecule has 5 heteroatoms. The van der Waals surface area contributed by atoms with Crippen LogP contribution in [0.25, 0.3) is 0 Å². The molecule has 0 unspecified atom stereocenters. The molecule has 0 spiro atoms. The first-order valence-electron chi connectivity index (χ1n) is 5.26. The number of aromatic nitrogens is 1. The molecule has 0 fully saturated rings. The number of benzene rings is 1. The zero-order chi connectivity index (χ0) is 13.1. The lowest BCUT2D eigenvalue weighted by molar-refractivity contribution is 0.102. The van der Waals surface area contributed by atoms with Crippen LogP contribution >= 0.6 is 31.9 Å². The summed E-state index contributed by atoms with van der Waals surface area (Å²) in [5.41, 5.74) is 2.29. The number of hydrogen-bond acceptors (Lipinski definition) is 2. The highest BCUT2D eigenvalue weighted by Gasteiger charge is 2.11. The van der Waals surface area contributed by atoms with Crippen molar-refractivity contribution in [2.75, 3.05) is 5.32 Å². The Morgan fingerprint density at radius 3 is 2.78 bits per heavy atom. The number of amides is 1. The van der Waals surface area contributed by atoms with E-state index in [0.29, 0.717) is 15.9 Å². The molecule has 1 aromatic carbocycles. The van der Waals surface area contributed by atoms with Gasteiger partial charge in [-0.05, 0) is 63.0 Å². The predicted molar refractivity (Wildman–Crippen MR) is 78.8 cm³/mol. The molecule has 0 radical (unpaired) electrons. The second kappa shape index (κ2) is 5.63. The van der Waals surface area contributed by atoms with Crippen molar-refractivity contribution in [1.29, 1.82) is 0 Å². The number of carbonyl (C=O) groups excluding carboxylic acids is 1. The normalized spacial score (nSPS) is 10.2. The van der Waals surface area contributed by atoms with Crippen LogP contribution in [0, 0.1) is 6.92 Å². The summed E-state index contributed by atoms with van der Waals surface area (Å²) in [6.45, 7) is 1.95. The molecule has 0 bridgehead atoms. The predicted octanol–water partition coefficient (Wildman–Crippen LogP) is 4.17. The van der Waals surface area contributed by atoms with Crippen LogP contribution in [-0.2, 0) is 0 Å². The second-order valence-corrected chi connectivity index (χ2v) is 5.38. The number of pyridine rings is 1. The first kappa shape index (κ1) is 13.2. The van der Waals surface area contributed by atoms with Crippen molar-refractivity contribution < 1.29 is 4.79 Å². The zero-order valence-electron chi connectivity index (χ0n) is 9.58. The van der Waals surface area contributed by atoms with Gasteiger partial charge in [0.15, 0.2) is 0 Å². The van der Waals surface area contributed by atoms with Gasteiger partial charge in [-0.25, -0.2) is 4.98 Å². The molecule has 18 heavy (non-hydrogen) atoms. The molecule has 92 valence electrons. The zero-order valence-corrected chi connectivity index (χ0v) is 12.7. The van der Waals surface area contributed by atoms with Crippen LogP contribution in [0.5, 0.6) is 0 Å². The van der Waals surface area contributed by atoms with Gasteiger partial charge >= 0.3 is 0 Å². The minimum absolute atomic E-state index is 0.167. The van der Waals surface area contributed by atoms with Gasteiger partial charge in [0.1, 0.15) is 4.60 Å². The highest BCUT2D eigenvalue weighted by atomic mass is 79.9. The summed E-state index contributed by atoms with van der Waals surface area (Å²) in [6.07, 6.45) is 1.66. The minimum Gasteiger partial charge on any atom is -0.320 e. The van der Waals surface area contributed by atoms with Gasteiger partial charge in [0.05, 0.1) is 11.3 Å². The number of carbonyl (C=O) groups is 1. The average Bonchev–Trinajstić information content (AvgIpc) is 2.35. The summed E-state index contributed by atoms with van der Waals surface area (Å²) in [5, 5.41) is 2.82. The summed E-state index contributed by atoms with van der Waals surface area (Å²) in [4.78, 5) is 16.2. The van der Waals surface area contributed by atoms with E-state index in [1.165, 1.54) is 0 Å². The Labute approximate surface area is 122 Å². The maximum absolute atomic E-state index is 12.1. The smallest absolute Gasteiger partial charge is 0.256 e. The Balaban J connectivity index is 2.28. The van der Waals surface area contributed by atoms with Crippen molar-refractivity contribution in [1.82, 2.24) is 4.98 Å². The van der Waals surface area contributed by atoms with Gasteiger partial charge in [-0.15, -0.1) is 0 Å². The highest BCUT2D eigenvalue weighted by molar-refractivity contribution is 9.10. The van der Waals surface area contributed by atoms with Crippen molar-refractivity contribution in [3.05, 3.63) is 56.7 Å². The number of halogens is 2. The van der Waals surface area contributed by atoms with Crippen molar-refractivity contribution in [3.8, 4) is 0 Å². The lowest BCUT2D eigenvalue weighted by atomic mass is 10.1. The number of nitrogens with one attached hydrogen (secondary N) is 1. The Kier molecular flexibility index (Phi) is 4.14. The van der Waals surface area contributed by atoms with Crippen LogP contribution in [-0.4, -0.2) is 10.9 Å². The van der Waals surface area contributed by atoms with Crippen molar-refractivity contribution in [2.24, 2.45) is 0 Å². The summed E-state index contributed by atoms with van der Waals surface area (Å²) in [7, 11) is 0. The van der Waals surface area contributed by atoms with E-state index in [4.69, 9.17) is 0 Å². The van der Waals surface area contributed by atoms with Crippen LogP contribution in [0.15, 0.2) is 45.6 Å². The Hall–Kier alpha value is -1.20. The Morgan fingerprint density at radius 2 is 2.06 bits per heavy atom. The maximum atomic E-state index is 12.1. The minimum atomic E-state index is -0.167. The molecule has 1 heterocycles. The maximum Gasteiger partial charge on any atom is 0.256 e. The molecule has 1 N–H and O–H groups in total. The molecule has 3 nitrogen and oxygen atoms in total. The van der Waals surface area contributed by atoms with E-state index < -0.39 is 0 Å². The largest absolute Gasteiger partial charge is 0.320 e. The molecule has 0 aliphatic rings. The fourth-order valence-electron chi connectivity index (χ4n) is 1.48. The third-order valence-corrected chi connectivity index (χ3v) is 3.70. The van der Waals surface area contributed by atoms with Crippen LogP contribution < -0.4 is 5.32 Å². The van der Waals surface area contributed by atoms with Crippen molar-refractivity contribution in [3.63, 3.8) is 0 Å². The average molecular weight is 370 g/mol. The number of nitrogens with zero attached hydrogens (tertiary/aromatic N) is 1. The lowest BCUT2D eigenvalue weighted by Crippen LogP contribution is -2.13. The quantitative estimate of drug-likeness (QED) is 0.807. The van der Waals surface area contributed by atoms with Crippen LogP contribution in [0.1, 0.15) is 15.9 Å². The van der Waals surface area contributed by atoms with Gasteiger partial charge < -0.3 is 5.32 Å². The molecule has 2 aromatic rings. The summed E-state index contributed by atoms with van der Waals surface area (Å²) >= 11 is 6.67. The third kappa shape index (κ3) is 2.97. The second-order valence-electron chi connectivity index (χ2n) is 3.78. The molecule has 0 saturated carbocycles. The number of aryl methyl sites for hydroxylation is 1. The van der Waals surface area contributed by atoms with Crippen LogP contribution in [0.4, 0.5) is 5.69 Å². The number of anilines is 1. The van der Waals surface area contributed by atoms with Crippen molar-refractivity contribution in [2.45, 2.75) is 6.92 Å². The SMILES string of the molecule is Cc1ccc(Br)c(C(=O)Nc2cccnc2Br)c1. The lowest BCUT2D eigenvalue weighted by Gasteiger charge is -2.08. The van der Waals surface area contributed by atoms with Gasteiger partial charge in [0, 0.05) is 10.7 Å². The molecule has 2 rings (SSSR count). The highest BCUT2D eigenvalue weighted by Crippen LogP contribution is 2.22. The third-order valence-electron chi connectivity index (χ3n) is 2.37. The van der Waals surface area contributed by atoms with Gasteiger partial charge in [0.25, 0.3) is 5.91 Å². The molecule has 0 aliphatic carbocycles. The Bertz CT molecular complexity index is 599. The number of rotatable bonds is 2. The summed E-state index contributed by atoms with van der Waals surface area (Å²) in [6, 6.07) is 9.21. The van der Waals surface area contributed by atoms with E-state index >= 15 is 0 Å². The monoisotopic (exact) mass is 368 g/mol. The van der Waals surface area contributed by atoms with E-state index in [-0.39, 0.29) is 5.91 Å². The van der Waals surface area contributed by atoms with Crippen molar-refractivity contribution >= 4 is 43.5 Å².